The van der Waals surface area contributed by atoms with Gasteiger partial charge in [-0.3, -0.25) is 4.57 Å². The van der Waals surface area contributed by atoms with Crippen molar-refractivity contribution in [1.29, 1.82) is 0 Å². The number of aryl methyl sites for hydroxylation is 1. The molecule has 3 nitrogen and oxygen atoms in total. The van der Waals surface area contributed by atoms with Gasteiger partial charge in [-0.2, -0.15) is 0 Å². The Balaban J connectivity index is 2.20. The zero-order chi connectivity index (χ0) is 13.9. The molecular weight excluding hydrogens is 266 g/mol. The van der Waals surface area contributed by atoms with E-state index in [0.717, 1.165) is 22.2 Å². The Labute approximate surface area is 122 Å². The summed E-state index contributed by atoms with van der Waals surface area (Å²) < 4.78 is 2.10. The van der Waals surface area contributed by atoms with Crippen LogP contribution in [0.4, 0.5) is 0 Å². The Bertz CT molecular complexity index is 720. The second-order valence-corrected chi connectivity index (χ2v) is 5.32. The third kappa shape index (κ3) is 2.34. The minimum absolute atomic E-state index is 0.879. The van der Waals surface area contributed by atoms with E-state index in [0.29, 0.717) is 0 Å². The van der Waals surface area contributed by atoms with Crippen LogP contribution in [0.5, 0.6) is 0 Å². The number of para-hydroxylation sites is 1. The highest BCUT2D eigenvalue weighted by Gasteiger charge is 2.14. The van der Waals surface area contributed by atoms with Gasteiger partial charge in [-0.1, -0.05) is 53.7 Å². The van der Waals surface area contributed by atoms with E-state index in [9.17, 15) is 0 Å². The molecule has 0 aliphatic carbocycles. The fourth-order valence-corrected chi connectivity index (χ4v) is 2.68. The van der Waals surface area contributed by atoms with Crippen LogP contribution in [0.3, 0.4) is 0 Å². The van der Waals surface area contributed by atoms with Crippen LogP contribution in [-0.2, 0) is 0 Å². The van der Waals surface area contributed by atoms with Gasteiger partial charge in [0.2, 0.25) is 0 Å². The Morgan fingerprint density at radius 3 is 2.45 bits per heavy atom. The lowest BCUT2D eigenvalue weighted by atomic mass is 10.1. The number of thioether (sulfide) groups is 1. The minimum atomic E-state index is 0.879. The maximum Gasteiger partial charge on any atom is 0.195 e. The Morgan fingerprint density at radius 2 is 1.75 bits per heavy atom. The molecule has 3 rings (SSSR count). The molecule has 0 fully saturated rings. The van der Waals surface area contributed by atoms with E-state index in [1.165, 1.54) is 5.56 Å². The highest BCUT2D eigenvalue weighted by molar-refractivity contribution is 7.98. The van der Waals surface area contributed by atoms with Gasteiger partial charge in [0.25, 0.3) is 0 Å². The molecule has 0 aliphatic rings. The van der Waals surface area contributed by atoms with Crippen molar-refractivity contribution in [3.05, 3.63) is 60.2 Å². The van der Waals surface area contributed by atoms with Crippen molar-refractivity contribution in [2.75, 3.05) is 6.26 Å². The van der Waals surface area contributed by atoms with E-state index in [-0.39, 0.29) is 0 Å². The van der Waals surface area contributed by atoms with Gasteiger partial charge in [0.15, 0.2) is 11.0 Å². The van der Waals surface area contributed by atoms with E-state index >= 15 is 0 Å². The third-order valence-electron chi connectivity index (χ3n) is 3.11. The molecule has 0 bridgehead atoms. The van der Waals surface area contributed by atoms with Crippen molar-refractivity contribution in [2.45, 2.75) is 12.1 Å². The largest absolute Gasteiger partial charge is 0.270 e. The summed E-state index contributed by atoms with van der Waals surface area (Å²) in [6, 6.07) is 18.5. The monoisotopic (exact) mass is 281 g/mol. The lowest BCUT2D eigenvalue weighted by Crippen LogP contribution is -1.99. The van der Waals surface area contributed by atoms with E-state index < -0.39 is 0 Å². The number of benzene rings is 2. The quantitative estimate of drug-likeness (QED) is 0.681. The number of hydrogen-bond acceptors (Lipinski definition) is 3. The summed E-state index contributed by atoms with van der Waals surface area (Å²) in [6.07, 6.45) is 2.02. The molecule has 0 N–H and O–H groups in total. The highest BCUT2D eigenvalue weighted by atomic mass is 32.2. The molecule has 1 aromatic heterocycles. The SMILES string of the molecule is CSc1nnc(-c2cccc(C)c2)n1-c1ccccc1. The summed E-state index contributed by atoms with van der Waals surface area (Å²) in [5.74, 6) is 0.879. The minimum Gasteiger partial charge on any atom is -0.270 e. The summed E-state index contributed by atoms with van der Waals surface area (Å²) >= 11 is 1.60. The van der Waals surface area contributed by atoms with Gasteiger partial charge in [-0.25, -0.2) is 0 Å². The molecular formula is C16H15N3S. The zero-order valence-electron chi connectivity index (χ0n) is 11.4. The van der Waals surface area contributed by atoms with Crippen molar-refractivity contribution in [2.24, 2.45) is 0 Å². The van der Waals surface area contributed by atoms with Gasteiger partial charge < -0.3 is 0 Å². The van der Waals surface area contributed by atoms with Crippen LogP contribution in [-0.4, -0.2) is 21.0 Å². The van der Waals surface area contributed by atoms with E-state index in [1.54, 1.807) is 11.8 Å². The van der Waals surface area contributed by atoms with Crippen LogP contribution < -0.4 is 0 Å². The number of nitrogens with zero attached hydrogens (tertiary/aromatic N) is 3. The summed E-state index contributed by atoms with van der Waals surface area (Å²) in [7, 11) is 0. The van der Waals surface area contributed by atoms with Gasteiger partial charge in [0, 0.05) is 11.3 Å². The summed E-state index contributed by atoms with van der Waals surface area (Å²) in [5.41, 5.74) is 3.39. The molecule has 0 atom stereocenters. The lowest BCUT2D eigenvalue weighted by molar-refractivity contribution is 0.889. The fraction of sp³-hybridized carbons (Fsp3) is 0.125. The molecule has 3 aromatic rings. The van der Waals surface area contributed by atoms with Crippen molar-refractivity contribution in [1.82, 2.24) is 14.8 Å². The molecule has 0 saturated carbocycles. The average Bonchev–Trinajstić information content (AvgIpc) is 2.92. The maximum absolute atomic E-state index is 4.37. The van der Waals surface area contributed by atoms with Crippen molar-refractivity contribution in [3.63, 3.8) is 0 Å². The first-order chi connectivity index (χ1) is 9.79. The van der Waals surface area contributed by atoms with Crippen LogP contribution in [0.15, 0.2) is 59.8 Å². The van der Waals surface area contributed by atoms with Crippen LogP contribution >= 0.6 is 11.8 Å². The van der Waals surface area contributed by atoms with Crippen molar-refractivity contribution < 1.29 is 0 Å². The lowest BCUT2D eigenvalue weighted by Gasteiger charge is -2.09. The third-order valence-corrected chi connectivity index (χ3v) is 3.74. The van der Waals surface area contributed by atoms with Crippen LogP contribution in [0.25, 0.3) is 17.1 Å². The highest BCUT2D eigenvalue weighted by Crippen LogP contribution is 2.27. The number of aromatic nitrogens is 3. The first kappa shape index (κ1) is 12.9. The van der Waals surface area contributed by atoms with E-state index in [2.05, 4.69) is 52.0 Å². The zero-order valence-corrected chi connectivity index (χ0v) is 12.3. The smallest absolute Gasteiger partial charge is 0.195 e. The van der Waals surface area contributed by atoms with Crippen molar-refractivity contribution in [3.8, 4) is 17.1 Å². The second-order valence-electron chi connectivity index (χ2n) is 4.55. The molecule has 0 radical (unpaired) electrons. The van der Waals surface area contributed by atoms with E-state index in [1.807, 2.05) is 30.5 Å². The predicted octanol–water partition coefficient (Wildman–Crippen LogP) is 3.96. The second kappa shape index (κ2) is 5.51. The Kier molecular flexibility index (Phi) is 3.56. The van der Waals surface area contributed by atoms with Crippen molar-refractivity contribution >= 4 is 11.8 Å². The molecule has 0 unspecified atom stereocenters. The molecule has 1 heterocycles. The molecule has 0 amide bonds. The summed E-state index contributed by atoms with van der Waals surface area (Å²) in [5, 5.41) is 9.56. The molecule has 20 heavy (non-hydrogen) atoms. The fourth-order valence-electron chi connectivity index (χ4n) is 2.18. The van der Waals surface area contributed by atoms with Crippen LogP contribution in [0, 0.1) is 6.92 Å². The van der Waals surface area contributed by atoms with Gasteiger partial charge in [0.1, 0.15) is 0 Å². The maximum atomic E-state index is 4.37. The molecule has 4 heteroatoms. The molecule has 0 aliphatic heterocycles. The number of hydrogen-bond donors (Lipinski definition) is 0. The molecule has 0 spiro atoms. The number of rotatable bonds is 3. The van der Waals surface area contributed by atoms with Crippen LogP contribution in [0.2, 0.25) is 0 Å². The molecule has 0 saturated heterocycles. The Hall–Kier alpha value is -2.07. The summed E-state index contributed by atoms with van der Waals surface area (Å²) in [6.45, 7) is 2.09. The normalized spacial score (nSPS) is 10.7. The van der Waals surface area contributed by atoms with Gasteiger partial charge in [-0.15, -0.1) is 10.2 Å². The molecule has 100 valence electrons. The first-order valence-corrected chi connectivity index (χ1v) is 7.64. The van der Waals surface area contributed by atoms with E-state index in [4.69, 9.17) is 0 Å². The summed E-state index contributed by atoms with van der Waals surface area (Å²) in [4.78, 5) is 0. The van der Waals surface area contributed by atoms with Gasteiger partial charge in [0.05, 0.1) is 0 Å². The molecule has 2 aromatic carbocycles. The first-order valence-electron chi connectivity index (χ1n) is 6.41. The standard InChI is InChI=1S/C16H15N3S/c1-12-7-6-8-13(11-12)15-17-18-16(20-2)19(15)14-9-4-3-5-10-14/h3-11H,1-2H3. The van der Waals surface area contributed by atoms with Gasteiger partial charge in [-0.05, 0) is 31.4 Å². The van der Waals surface area contributed by atoms with Gasteiger partial charge >= 0.3 is 0 Å². The predicted molar refractivity (Wildman–Crippen MR) is 83.3 cm³/mol. The van der Waals surface area contributed by atoms with Crippen LogP contribution in [0.1, 0.15) is 5.56 Å². The average molecular weight is 281 g/mol. The Morgan fingerprint density at radius 1 is 0.950 bits per heavy atom. The topological polar surface area (TPSA) is 30.7 Å².